The second-order valence-electron chi connectivity index (χ2n) is 5.23. The lowest BCUT2D eigenvalue weighted by molar-refractivity contribution is 1.67. The van der Waals surface area contributed by atoms with Crippen molar-refractivity contribution >= 4 is 64.2 Å². The molecular weight excluding hydrogens is 404 g/mol. The highest BCUT2D eigenvalue weighted by Crippen LogP contribution is 2.33. The van der Waals surface area contributed by atoms with Crippen LogP contribution in [0.4, 0.5) is 0 Å². The first kappa shape index (κ1) is 13.9. The number of rotatable bonds is 0. The molecule has 0 saturated carbocycles. The molecule has 0 aromatic heterocycles. The predicted octanol–water partition coefficient (Wildman–Crippen LogP) is 6.03. The summed E-state index contributed by atoms with van der Waals surface area (Å²) in [5.74, 6) is 0. The van der Waals surface area contributed by atoms with E-state index in [2.05, 4.69) is 44.0 Å². The summed E-state index contributed by atoms with van der Waals surface area (Å²) in [5.41, 5.74) is 0.0566. The maximum absolute atomic E-state index is 13.1. The topological polar surface area (TPSA) is 17.1 Å². The van der Waals surface area contributed by atoms with Crippen molar-refractivity contribution in [1.29, 1.82) is 0 Å². The zero-order valence-corrected chi connectivity index (χ0v) is 14.6. The van der Waals surface area contributed by atoms with Crippen LogP contribution in [-0.4, -0.2) is 0 Å². The van der Waals surface area contributed by atoms with E-state index in [0.29, 0.717) is 0 Å². The van der Waals surface area contributed by atoms with Crippen LogP contribution < -0.4 is 5.43 Å². The number of fused-ring (bicyclic) bond motifs is 5. The Balaban J connectivity index is 2.54. The van der Waals surface area contributed by atoms with E-state index in [9.17, 15) is 4.79 Å². The third-order valence-corrected chi connectivity index (χ3v) is 5.04. The first-order chi connectivity index (χ1) is 10.7. The van der Waals surface area contributed by atoms with Crippen molar-refractivity contribution in [2.24, 2.45) is 0 Å². The summed E-state index contributed by atoms with van der Waals surface area (Å²) in [7, 11) is 0. The van der Waals surface area contributed by atoms with Gasteiger partial charge in [0.05, 0.1) is 0 Å². The van der Waals surface area contributed by atoms with Crippen molar-refractivity contribution in [3.8, 4) is 0 Å². The SMILES string of the molecule is O=c1c2ccccc2c2ccccc2c2cc(Br)cc(Br)c12. The van der Waals surface area contributed by atoms with E-state index < -0.39 is 0 Å². The first-order valence-corrected chi connectivity index (χ1v) is 8.48. The Labute approximate surface area is 143 Å². The van der Waals surface area contributed by atoms with Gasteiger partial charge < -0.3 is 0 Å². The molecule has 0 fully saturated rings. The summed E-state index contributed by atoms with van der Waals surface area (Å²) in [4.78, 5) is 13.1. The molecule has 0 bridgehead atoms. The number of halogens is 2. The Hall–Kier alpha value is -1.71. The number of hydrogen-bond donors (Lipinski definition) is 0. The molecular formula is C19H10Br2O. The van der Waals surface area contributed by atoms with E-state index in [1.54, 1.807) is 0 Å². The van der Waals surface area contributed by atoms with Crippen molar-refractivity contribution < 1.29 is 0 Å². The Kier molecular flexibility index (Phi) is 3.28. The standard InChI is InChI=1S/C19H10Br2O/c20-11-9-16-14-7-2-1-5-12(14)13-6-3-4-8-15(13)19(22)18(16)17(21)10-11/h1-10H. The highest BCUT2D eigenvalue weighted by Gasteiger charge is 2.11. The first-order valence-electron chi connectivity index (χ1n) is 6.89. The zero-order chi connectivity index (χ0) is 15.3. The van der Waals surface area contributed by atoms with Gasteiger partial charge >= 0.3 is 0 Å². The van der Waals surface area contributed by atoms with Crippen LogP contribution in [0.25, 0.3) is 32.3 Å². The van der Waals surface area contributed by atoms with Gasteiger partial charge in [0.2, 0.25) is 0 Å². The van der Waals surface area contributed by atoms with Crippen LogP contribution in [0, 0.1) is 0 Å². The maximum atomic E-state index is 13.1. The molecule has 22 heavy (non-hydrogen) atoms. The summed E-state index contributed by atoms with van der Waals surface area (Å²) >= 11 is 7.09. The molecule has 106 valence electrons. The molecule has 0 aliphatic rings. The van der Waals surface area contributed by atoms with Crippen molar-refractivity contribution in [1.82, 2.24) is 0 Å². The second kappa shape index (κ2) is 5.18. The van der Waals surface area contributed by atoms with Gasteiger partial charge in [-0.05, 0) is 49.6 Å². The van der Waals surface area contributed by atoms with Crippen molar-refractivity contribution in [2.45, 2.75) is 0 Å². The Morgan fingerprint density at radius 2 is 1.14 bits per heavy atom. The van der Waals surface area contributed by atoms with Crippen LogP contribution in [0.2, 0.25) is 0 Å². The van der Waals surface area contributed by atoms with Crippen LogP contribution in [0.1, 0.15) is 0 Å². The van der Waals surface area contributed by atoms with Gasteiger partial charge in [-0.3, -0.25) is 4.79 Å². The Morgan fingerprint density at radius 1 is 0.636 bits per heavy atom. The van der Waals surface area contributed by atoms with Gasteiger partial charge in [0, 0.05) is 19.7 Å². The summed E-state index contributed by atoms with van der Waals surface area (Å²) in [5, 5.41) is 5.59. The molecule has 0 amide bonds. The van der Waals surface area contributed by atoms with E-state index in [0.717, 1.165) is 41.3 Å². The molecule has 0 spiro atoms. The minimum absolute atomic E-state index is 0.0566. The Morgan fingerprint density at radius 3 is 1.77 bits per heavy atom. The summed E-state index contributed by atoms with van der Waals surface area (Å²) in [6, 6.07) is 19.9. The highest BCUT2D eigenvalue weighted by atomic mass is 79.9. The summed E-state index contributed by atoms with van der Waals surface area (Å²) < 4.78 is 1.76. The summed E-state index contributed by atoms with van der Waals surface area (Å²) in [6.07, 6.45) is 0. The molecule has 0 radical (unpaired) electrons. The zero-order valence-electron chi connectivity index (χ0n) is 11.4. The van der Waals surface area contributed by atoms with Gasteiger partial charge in [0.25, 0.3) is 0 Å². The minimum atomic E-state index is 0.0566. The van der Waals surface area contributed by atoms with Crippen LogP contribution >= 0.6 is 31.9 Å². The maximum Gasteiger partial charge on any atom is 0.195 e. The average molecular weight is 414 g/mol. The van der Waals surface area contributed by atoms with Gasteiger partial charge in [0.1, 0.15) is 0 Å². The van der Waals surface area contributed by atoms with Gasteiger partial charge in [-0.1, -0.05) is 64.5 Å². The Bertz CT molecular complexity index is 1120. The third kappa shape index (κ3) is 2.00. The molecule has 0 heterocycles. The molecule has 0 atom stereocenters. The van der Waals surface area contributed by atoms with Crippen molar-refractivity contribution in [3.05, 3.63) is 79.8 Å². The van der Waals surface area contributed by atoms with Gasteiger partial charge in [0.15, 0.2) is 5.43 Å². The normalized spacial score (nSPS) is 11.4. The van der Waals surface area contributed by atoms with E-state index >= 15 is 0 Å². The molecule has 0 saturated heterocycles. The molecule has 4 aromatic rings. The fourth-order valence-electron chi connectivity index (χ4n) is 3.02. The van der Waals surface area contributed by atoms with Crippen molar-refractivity contribution in [3.63, 3.8) is 0 Å². The van der Waals surface area contributed by atoms with Gasteiger partial charge in [-0.25, -0.2) is 0 Å². The lowest BCUT2D eigenvalue weighted by atomic mass is 10.1. The fourth-order valence-corrected chi connectivity index (χ4v) is 4.43. The molecule has 0 aliphatic heterocycles. The van der Waals surface area contributed by atoms with Crippen molar-refractivity contribution in [2.75, 3.05) is 0 Å². The van der Waals surface area contributed by atoms with Crippen LogP contribution in [-0.2, 0) is 0 Å². The smallest absolute Gasteiger partial charge is 0.195 e. The average Bonchev–Trinajstić information content (AvgIpc) is 2.63. The molecule has 4 rings (SSSR count). The van der Waals surface area contributed by atoms with E-state index in [1.807, 2.05) is 48.5 Å². The van der Waals surface area contributed by atoms with E-state index in [1.165, 1.54) is 0 Å². The lowest BCUT2D eigenvalue weighted by Gasteiger charge is -2.01. The summed E-state index contributed by atoms with van der Waals surface area (Å²) in [6.45, 7) is 0. The third-order valence-electron chi connectivity index (χ3n) is 3.96. The fraction of sp³-hybridized carbons (Fsp3) is 0. The van der Waals surface area contributed by atoms with Gasteiger partial charge in [-0.2, -0.15) is 0 Å². The number of benzene rings is 3. The predicted molar refractivity (Wildman–Crippen MR) is 101 cm³/mol. The largest absolute Gasteiger partial charge is 0.289 e. The minimum Gasteiger partial charge on any atom is -0.289 e. The van der Waals surface area contributed by atoms with Crippen LogP contribution in [0.15, 0.2) is 74.4 Å². The van der Waals surface area contributed by atoms with Gasteiger partial charge in [-0.15, -0.1) is 0 Å². The molecule has 0 N–H and O–H groups in total. The molecule has 4 aromatic carbocycles. The lowest BCUT2D eigenvalue weighted by Crippen LogP contribution is -1.99. The van der Waals surface area contributed by atoms with Crippen LogP contribution in [0.5, 0.6) is 0 Å². The molecule has 3 heteroatoms. The monoisotopic (exact) mass is 412 g/mol. The quantitative estimate of drug-likeness (QED) is 0.344. The molecule has 0 unspecified atom stereocenters. The highest BCUT2D eigenvalue weighted by molar-refractivity contribution is 9.11. The van der Waals surface area contributed by atoms with E-state index in [-0.39, 0.29) is 5.43 Å². The van der Waals surface area contributed by atoms with Crippen LogP contribution in [0.3, 0.4) is 0 Å². The molecule has 1 nitrogen and oxygen atoms in total. The second-order valence-corrected chi connectivity index (χ2v) is 7.00. The van der Waals surface area contributed by atoms with E-state index in [4.69, 9.17) is 0 Å². The molecule has 0 aliphatic carbocycles. The number of hydrogen-bond acceptors (Lipinski definition) is 1.